The fraction of sp³-hybridized carbons (Fsp3) is 0. The average molecular weight is 323 g/mol. The number of nitrogens with zero attached hydrogens (tertiary/aromatic N) is 1. The number of nitrogens with one attached hydrogen (secondary N) is 1. The number of hydrogen-bond acceptors (Lipinski definition) is 3. The maximum Gasteiger partial charge on any atom is 0.291 e. The third kappa shape index (κ3) is 3.42. The lowest BCUT2D eigenvalue weighted by Crippen LogP contribution is -2.10. The van der Waals surface area contributed by atoms with Gasteiger partial charge in [0.25, 0.3) is 5.91 Å². The van der Waals surface area contributed by atoms with Crippen LogP contribution in [-0.2, 0) is 0 Å². The highest BCUT2D eigenvalue weighted by molar-refractivity contribution is 6.30. The number of hydrogen-bond donors (Lipinski definition) is 1. The molecule has 112 valence electrons. The van der Waals surface area contributed by atoms with E-state index in [1.54, 1.807) is 48.5 Å². The van der Waals surface area contributed by atoms with Crippen molar-refractivity contribution >= 4 is 23.2 Å². The molecule has 3 rings (SSSR count). The summed E-state index contributed by atoms with van der Waals surface area (Å²) >= 11 is 5.85. The van der Waals surface area contributed by atoms with Crippen LogP contribution < -0.4 is 5.32 Å². The minimum atomic E-state index is -0.352. The first-order valence-electron chi connectivity index (χ1n) is 6.83. The van der Waals surface area contributed by atoms with Crippen LogP contribution in [0.15, 0.2) is 65.1 Å². The predicted molar refractivity (Wildman–Crippen MR) is 88.3 cm³/mol. The zero-order valence-electron chi connectivity index (χ0n) is 11.9. The third-order valence-corrected chi connectivity index (χ3v) is 3.48. The van der Waals surface area contributed by atoms with E-state index in [4.69, 9.17) is 21.3 Å². The maximum absolute atomic E-state index is 12.2. The summed E-state index contributed by atoms with van der Waals surface area (Å²) in [6, 6.07) is 19.1. The standard InChI is InChI=1S/C18H11ClN2O2/c19-14-5-3-13(4-6-14)16-9-10-17(23-16)18(22)21-15-7-1-12(11-20)2-8-15/h1-10H,(H,21,22). The largest absolute Gasteiger partial charge is 0.451 e. The molecule has 0 radical (unpaired) electrons. The van der Waals surface area contributed by atoms with Crippen LogP contribution in [0, 0.1) is 11.3 Å². The van der Waals surface area contributed by atoms with Crippen molar-refractivity contribution in [1.29, 1.82) is 5.26 Å². The monoisotopic (exact) mass is 322 g/mol. The van der Waals surface area contributed by atoms with Crippen LogP contribution in [0.25, 0.3) is 11.3 Å². The van der Waals surface area contributed by atoms with E-state index in [1.165, 1.54) is 0 Å². The predicted octanol–water partition coefficient (Wildman–Crippen LogP) is 4.72. The number of furan rings is 1. The van der Waals surface area contributed by atoms with Gasteiger partial charge in [0.1, 0.15) is 5.76 Å². The number of nitriles is 1. The van der Waals surface area contributed by atoms with Gasteiger partial charge >= 0.3 is 0 Å². The number of anilines is 1. The zero-order valence-corrected chi connectivity index (χ0v) is 12.7. The van der Waals surface area contributed by atoms with Crippen LogP contribution in [0.1, 0.15) is 16.1 Å². The van der Waals surface area contributed by atoms with E-state index in [-0.39, 0.29) is 11.7 Å². The third-order valence-electron chi connectivity index (χ3n) is 3.23. The molecule has 0 saturated carbocycles. The van der Waals surface area contributed by atoms with Gasteiger partial charge in [-0.2, -0.15) is 5.26 Å². The average Bonchev–Trinajstić information content (AvgIpc) is 3.06. The highest BCUT2D eigenvalue weighted by Crippen LogP contribution is 2.24. The Morgan fingerprint density at radius 1 is 1.00 bits per heavy atom. The van der Waals surface area contributed by atoms with E-state index in [1.807, 2.05) is 18.2 Å². The highest BCUT2D eigenvalue weighted by atomic mass is 35.5. The molecule has 0 spiro atoms. The molecule has 2 aromatic carbocycles. The SMILES string of the molecule is N#Cc1ccc(NC(=O)c2ccc(-c3ccc(Cl)cc3)o2)cc1. The summed E-state index contributed by atoms with van der Waals surface area (Å²) in [5, 5.41) is 12.1. The number of halogens is 1. The first-order chi connectivity index (χ1) is 11.2. The Morgan fingerprint density at radius 3 is 2.35 bits per heavy atom. The smallest absolute Gasteiger partial charge is 0.291 e. The normalized spacial score (nSPS) is 10.1. The topological polar surface area (TPSA) is 66.0 Å². The van der Waals surface area contributed by atoms with Crippen LogP contribution in [0.4, 0.5) is 5.69 Å². The van der Waals surface area contributed by atoms with Crippen molar-refractivity contribution in [1.82, 2.24) is 0 Å². The molecule has 4 nitrogen and oxygen atoms in total. The van der Waals surface area contributed by atoms with Crippen LogP contribution in [0.2, 0.25) is 5.02 Å². The summed E-state index contributed by atoms with van der Waals surface area (Å²) in [6.07, 6.45) is 0. The van der Waals surface area contributed by atoms with Gasteiger partial charge in [-0.3, -0.25) is 4.79 Å². The Kier molecular flexibility index (Phi) is 4.13. The van der Waals surface area contributed by atoms with Crippen molar-refractivity contribution in [2.75, 3.05) is 5.32 Å². The molecule has 5 heteroatoms. The maximum atomic E-state index is 12.2. The fourth-order valence-corrected chi connectivity index (χ4v) is 2.18. The second-order valence-corrected chi connectivity index (χ2v) is 5.25. The van der Waals surface area contributed by atoms with E-state index in [9.17, 15) is 4.79 Å². The van der Waals surface area contributed by atoms with Gasteiger partial charge in [-0.25, -0.2) is 0 Å². The minimum Gasteiger partial charge on any atom is -0.451 e. The summed E-state index contributed by atoms with van der Waals surface area (Å²) in [4.78, 5) is 12.2. The fourth-order valence-electron chi connectivity index (χ4n) is 2.05. The number of rotatable bonds is 3. The van der Waals surface area contributed by atoms with Gasteiger partial charge in [0.05, 0.1) is 11.6 Å². The summed E-state index contributed by atoms with van der Waals surface area (Å²) in [6.45, 7) is 0. The van der Waals surface area contributed by atoms with E-state index in [0.717, 1.165) is 5.56 Å². The van der Waals surface area contributed by atoms with Crippen molar-refractivity contribution in [3.63, 3.8) is 0 Å². The second-order valence-electron chi connectivity index (χ2n) is 4.81. The van der Waals surface area contributed by atoms with Crippen molar-refractivity contribution in [3.05, 3.63) is 77.0 Å². The number of benzene rings is 2. The number of carbonyl (C=O) groups excluding carboxylic acids is 1. The lowest BCUT2D eigenvalue weighted by molar-refractivity contribution is 0.0997. The molecule has 0 fully saturated rings. The number of carbonyl (C=O) groups is 1. The van der Waals surface area contributed by atoms with Crippen molar-refractivity contribution in [2.24, 2.45) is 0 Å². The van der Waals surface area contributed by atoms with Gasteiger partial charge in [-0.1, -0.05) is 11.6 Å². The molecule has 0 saturated heterocycles. The number of amides is 1. The molecule has 1 amide bonds. The Labute approximate surface area is 137 Å². The van der Waals surface area contributed by atoms with Crippen LogP contribution >= 0.6 is 11.6 Å². The lowest BCUT2D eigenvalue weighted by atomic mass is 10.2. The van der Waals surface area contributed by atoms with Crippen molar-refractivity contribution in [2.45, 2.75) is 0 Å². The molecule has 3 aromatic rings. The molecule has 0 aliphatic carbocycles. The molecular formula is C18H11ClN2O2. The Morgan fingerprint density at radius 2 is 1.70 bits per heavy atom. The first kappa shape index (κ1) is 14.9. The van der Waals surface area contributed by atoms with E-state index in [0.29, 0.717) is 22.0 Å². The molecule has 23 heavy (non-hydrogen) atoms. The molecule has 1 heterocycles. The first-order valence-corrected chi connectivity index (χ1v) is 7.21. The van der Waals surface area contributed by atoms with Gasteiger partial charge in [0.15, 0.2) is 5.76 Å². The molecule has 0 atom stereocenters. The molecule has 0 aliphatic rings. The minimum absolute atomic E-state index is 0.208. The summed E-state index contributed by atoms with van der Waals surface area (Å²) in [5.41, 5.74) is 1.97. The zero-order chi connectivity index (χ0) is 16.2. The van der Waals surface area contributed by atoms with E-state index in [2.05, 4.69) is 5.32 Å². The Bertz CT molecular complexity index is 875. The van der Waals surface area contributed by atoms with Gasteiger partial charge in [-0.15, -0.1) is 0 Å². The summed E-state index contributed by atoms with van der Waals surface area (Å²) in [7, 11) is 0. The molecule has 0 unspecified atom stereocenters. The molecule has 1 N–H and O–H groups in total. The Hall–Kier alpha value is -3.03. The van der Waals surface area contributed by atoms with E-state index < -0.39 is 0 Å². The summed E-state index contributed by atoms with van der Waals surface area (Å²) in [5.74, 6) is 0.445. The molecule has 0 aliphatic heterocycles. The summed E-state index contributed by atoms with van der Waals surface area (Å²) < 4.78 is 5.58. The van der Waals surface area contributed by atoms with Gasteiger partial charge in [0, 0.05) is 16.3 Å². The lowest BCUT2D eigenvalue weighted by Gasteiger charge is -2.03. The van der Waals surface area contributed by atoms with Gasteiger partial charge < -0.3 is 9.73 Å². The molecule has 1 aromatic heterocycles. The Balaban J connectivity index is 1.75. The van der Waals surface area contributed by atoms with Gasteiger partial charge in [-0.05, 0) is 60.7 Å². The van der Waals surface area contributed by atoms with Gasteiger partial charge in [0.2, 0.25) is 0 Å². The van der Waals surface area contributed by atoms with E-state index >= 15 is 0 Å². The van der Waals surface area contributed by atoms with Crippen LogP contribution in [0.3, 0.4) is 0 Å². The molecular weight excluding hydrogens is 312 g/mol. The van der Waals surface area contributed by atoms with Crippen LogP contribution in [0.5, 0.6) is 0 Å². The highest BCUT2D eigenvalue weighted by Gasteiger charge is 2.12. The van der Waals surface area contributed by atoms with Crippen molar-refractivity contribution in [3.8, 4) is 17.4 Å². The van der Waals surface area contributed by atoms with Crippen LogP contribution in [-0.4, -0.2) is 5.91 Å². The second kappa shape index (κ2) is 6.39. The molecule has 0 bridgehead atoms. The van der Waals surface area contributed by atoms with Crippen molar-refractivity contribution < 1.29 is 9.21 Å². The quantitative estimate of drug-likeness (QED) is 0.758.